The summed E-state index contributed by atoms with van der Waals surface area (Å²) < 4.78 is 0. The molecule has 1 unspecified atom stereocenters. The maximum absolute atomic E-state index is 3.77. The molecule has 2 nitrogen and oxygen atoms in total. The molecule has 0 heterocycles. The van der Waals surface area contributed by atoms with Crippen LogP contribution in [0.4, 0.5) is 22.7 Å². The van der Waals surface area contributed by atoms with Crippen molar-refractivity contribution < 1.29 is 0 Å². The molecule has 292 valence electrons. The lowest BCUT2D eigenvalue weighted by Crippen LogP contribution is -1.91. The molecule has 7 aromatic rings. The third-order valence-corrected chi connectivity index (χ3v) is 10.1. The summed E-state index contributed by atoms with van der Waals surface area (Å²) >= 11 is 0. The van der Waals surface area contributed by atoms with Crippen LogP contribution in [-0.4, -0.2) is 0 Å². The normalized spacial score (nSPS) is 12.2. The van der Waals surface area contributed by atoms with Gasteiger partial charge in [0.15, 0.2) is 0 Å². The van der Waals surface area contributed by atoms with Crippen molar-refractivity contribution in [1.82, 2.24) is 0 Å². The van der Waals surface area contributed by atoms with Crippen LogP contribution in [0.3, 0.4) is 0 Å². The van der Waals surface area contributed by atoms with E-state index in [0.717, 1.165) is 29.2 Å². The molecule has 1 aliphatic carbocycles. The summed E-state index contributed by atoms with van der Waals surface area (Å²) in [4.78, 5) is 0. The monoisotopic (exact) mass is 766 g/mol. The van der Waals surface area contributed by atoms with Crippen LogP contribution >= 0.6 is 0 Å². The van der Waals surface area contributed by atoms with Crippen LogP contribution in [0.25, 0.3) is 39.5 Å². The first kappa shape index (κ1) is 41.5. The zero-order valence-corrected chi connectivity index (χ0v) is 34.4. The summed E-state index contributed by atoms with van der Waals surface area (Å²) in [6.45, 7) is 10.1. The molecule has 0 fully saturated rings. The number of aryl methyl sites for hydroxylation is 1. The van der Waals surface area contributed by atoms with Gasteiger partial charge in [-0.15, -0.1) is 6.58 Å². The molecule has 1 atom stereocenters. The SMILES string of the molecule is C/C=C/c1ccc(Nc2ccc(-c3ccc(Nc4ccc(-c5ccccc5)cc4)cc3)cc2)cc1.C=CC(C)C1=CCC=CC=C1.Cc1ccccc1-c1ccccc1. The summed E-state index contributed by atoms with van der Waals surface area (Å²) in [6.07, 6.45) is 17.9. The Kier molecular flexibility index (Phi) is 15.4. The number of rotatable bonds is 10. The third-order valence-electron chi connectivity index (χ3n) is 10.1. The van der Waals surface area contributed by atoms with Gasteiger partial charge in [-0.05, 0) is 125 Å². The summed E-state index contributed by atoms with van der Waals surface area (Å²) in [7, 11) is 0. The predicted molar refractivity (Wildman–Crippen MR) is 258 cm³/mol. The van der Waals surface area contributed by atoms with Crippen molar-refractivity contribution in [2.45, 2.75) is 27.2 Å². The number of benzene rings is 7. The van der Waals surface area contributed by atoms with Crippen molar-refractivity contribution in [3.05, 3.63) is 248 Å². The fourth-order valence-corrected chi connectivity index (χ4v) is 6.66. The molecular formula is C57H54N2. The molecule has 0 aliphatic heterocycles. The molecule has 0 saturated carbocycles. The van der Waals surface area contributed by atoms with Crippen LogP contribution in [0.1, 0.15) is 31.4 Å². The quantitative estimate of drug-likeness (QED) is 0.136. The average Bonchev–Trinajstić information content (AvgIpc) is 3.59. The predicted octanol–water partition coefficient (Wildman–Crippen LogP) is 16.5. The second-order valence-electron chi connectivity index (χ2n) is 14.4. The van der Waals surface area contributed by atoms with E-state index in [0.29, 0.717) is 5.92 Å². The molecule has 8 rings (SSSR count). The Morgan fingerprint density at radius 2 is 0.949 bits per heavy atom. The van der Waals surface area contributed by atoms with E-state index < -0.39 is 0 Å². The summed E-state index contributed by atoms with van der Waals surface area (Å²) in [6, 6.07) is 63.4. The van der Waals surface area contributed by atoms with Gasteiger partial charge in [0.2, 0.25) is 0 Å². The van der Waals surface area contributed by atoms with Crippen LogP contribution in [0.15, 0.2) is 237 Å². The van der Waals surface area contributed by atoms with E-state index in [-0.39, 0.29) is 0 Å². The molecule has 1 aliphatic rings. The van der Waals surface area contributed by atoms with Gasteiger partial charge in [0.1, 0.15) is 0 Å². The maximum Gasteiger partial charge on any atom is 0.0384 e. The van der Waals surface area contributed by atoms with Gasteiger partial charge in [-0.25, -0.2) is 0 Å². The Bertz CT molecular complexity index is 2450. The van der Waals surface area contributed by atoms with E-state index in [1.54, 1.807) is 0 Å². The maximum atomic E-state index is 3.77. The number of nitrogens with one attached hydrogen (secondary N) is 2. The van der Waals surface area contributed by atoms with Crippen LogP contribution in [-0.2, 0) is 0 Å². The minimum Gasteiger partial charge on any atom is -0.356 e. The zero-order valence-electron chi connectivity index (χ0n) is 34.4. The molecule has 0 saturated heterocycles. The lowest BCUT2D eigenvalue weighted by Gasteiger charge is -2.10. The van der Waals surface area contributed by atoms with Crippen molar-refractivity contribution in [1.29, 1.82) is 0 Å². The van der Waals surface area contributed by atoms with Crippen molar-refractivity contribution in [2.24, 2.45) is 5.92 Å². The highest BCUT2D eigenvalue weighted by Gasteiger charge is 2.03. The van der Waals surface area contributed by atoms with Crippen molar-refractivity contribution >= 4 is 28.8 Å². The Morgan fingerprint density at radius 1 is 0.508 bits per heavy atom. The van der Waals surface area contributed by atoms with Gasteiger partial charge < -0.3 is 10.6 Å². The minimum atomic E-state index is 0.478. The number of hydrogen-bond donors (Lipinski definition) is 2. The first-order chi connectivity index (χ1) is 29.0. The third kappa shape index (κ3) is 12.7. The molecule has 0 bridgehead atoms. The highest BCUT2D eigenvalue weighted by molar-refractivity contribution is 5.73. The van der Waals surface area contributed by atoms with Crippen molar-refractivity contribution in [3.8, 4) is 33.4 Å². The number of hydrogen-bond acceptors (Lipinski definition) is 2. The standard InChI is InChI=1S/C33H28N2.C13H12.C11H14/c1-2-6-25-9-17-30(18-10-25)34-31-21-13-28(14-22-31)29-15-23-33(24-16-29)35-32-19-11-27(12-20-32)26-7-4-3-5-8-26;1-11-7-5-6-10-13(11)12-8-3-2-4-9-12;1-3-10(2)11-8-6-4-5-7-9-11/h2-24,34-35H,1H3;2-10H,1H3;3-6,8-10H,1,7H2,2H3/b6-2+;;. The van der Waals surface area contributed by atoms with E-state index in [9.17, 15) is 0 Å². The topological polar surface area (TPSA) is 24.1 Å². The first-order valence-corrected chi connectivity index (χ1v) is 20.4. The van der Waals surface area contributed by atoms with E-state index in [4.69, 9.17) is 0 Å². The molecule has 0 spiro atoms. The lowest BCUT2D eigenvalue weighted by molar-refractivity contribution is 0.888. The van der Waals surface area contributed by atoms with E-state index in [1.807, 2.05) is 31.2 Å². The second kappa shape index (κ2) is 22.0. The van der Waals surface area contributed by atoms with Crippen molar-refractivity contribution in [2.75, 3.05) is 10.6 Å². The van der Waals surface area contributed by atoms with Crippen LogP contribution in [0.5, 0.6) is 0 Å². The fraction of sp³-hybridized carbons (Fsp3) is 0.0877. The van der Waals surface area contributed by atoms with Gasteiger partial charge in [0.25, 0.3) is 0 Å². The molecule has 59 heavy (non-hydrogen) atoms. The van der Waals surface area contributed by atoms with Crippen LogP contribution in [0, 0.1) is 12.8 Å². The minimum absolute atomic E-state index is 0.478. The summed E-state index contributed by atoms with van der Waals surface area (Å²) in [5.41, 5.74) is 15.6. The highest BCUT2D eigenvalue weighted by atomic mass is 14.9. The zero-order chi connectivity index (χ0) is 41.1. The molecule has 0 aromatic heterocycles. The van der Waals surface area contributed by atoms with E-state index >= 15 is 0 Å². The first-order valence-electron chi connectivity index (χ1n) is 20.4. The smallest absolute Gasteiger partial charge is 0.0384 e. The van der Waals surface area contributed by atoms with Gasteiger partial charge in [0.05, 0.1) is 0 Å². The van der Waals surface area contributed by atoms with Crippen molar-refractivity contribution in [3.63, 3.8) is 0 Å². The molecular weight excluding hydrogens is 713 g/mol. The van der Waals surface area contributed by atoms with Gasteiger partial charge >= 0.3 is 0 Å². The number of anilines is 4. The average molecular weight is 767 g/mol. The molecule has 2 heteroatoms. The highest BCUT2D eigenvalue weighted by Crippen LogP contribution is 2.28. The van der Waals surface area contributed by atoms with Crippen LogP contribution < -0.4 is 10.6 Å². The van der Waals surface area contributed by atoms with E-state index in [1.165, 1.54) is 50.1 Å². The Morgan fingerprint density at radius 3 is 1.42 bits per heavy atom. The summed E-state index contributed by atoms with van der Waals surface area (Å²) in [5.74, 6) is 0.478. The largest absolute Gasteiger partial charge is 0.356 e. The van der Waals surface area contributed by atoms with E-state index in [2.05, 4.69) is 237 Å². The van der Waals surface area contributed by atoms with Gasteiger partial charge in [-0.3, -0.25) is 0 Å². The summed E-state index contributed by atoms with van der Waals surface area (Å²) in [5, 5.41) is 6.96. The Balaban J connectivity index is 0.000000197. The number of allylic oxidation sites excluding steroid dienone is 8. The Hall–Kier alpha value is -7.16. The molecule has 2 N–H and O–H groups in total. The van der Waals surface area contributed by atoms with Crippen LogP contribution in [0.2, 0.25) is 0 Å². The molecule has 0 amide bonds. The van der Waals surface area contributed by atoms with Gasteiger partial charge in [-0.2, -0.15) is 0 Å². The molecule has 7 aromatic carbocycles. The van der Waals surface area contributed by atoms with Gasteiger partial charge in [-0.1, -0.05) is 189 Å². The fourth-order valence-electron chi connectivity index (χ4n) is 6.66. The second-order valence-corrected chi connectivity index (χ2v) is 14.4. The lowest BCUT2D eigenvalue weighted by atomic mass is 10.0. The van der Waals surface area contributed by atoms with Gasteiger partial charge in [0, 0.05) is 22.7 Å². The Labute approximate surface area is 352 Å². The molecule has 0 radical (unpaired) electrons.